The van der Waals surface area contributed by atoms with Crippen molar-refractivity contribution in [3.8, 4) is 0 Å². The first-order valence-corrected chi connectivity index (χ1v) is 7.36. The Labute approximate surface area is 119 Å². The van der Waals surface area contributed by atoms with Crippen LogP contribution in [0.4, 0.5) is 0 Å². The van der Waals surface area contributed by atoms with Crippen LogP contribution >= 0.6 is 0 Å². The van der Waals surface area contributed by atoms with Crippen molar-refractivity contribution in [1.29, 1.82) is 0 Å². The maximum atomic E-state index is 5.70. The molecule has 20 heavy (non-hydrogen) atoms. The molecule has 106 valence electrons. The quantitative estimate of drug-likeness (QED) is 0.908. The number of nitrogens with one attached hydrogen (secondary N) is 1. The van der Waals surface area contributed by atoms with Crippen LogP contribution in [0.5, 0.6) is 0 Å². The predicted molar refractivity (Wildman–Crippen MR) is 79.5 cm³/mol. The molecule has 0 spiro atoms. The first-order valence-electron chi connectivity index (χ1n) is 7.36. The Morgan fingerprint density at radius 3 is 2.90 bits per heavy atom. The number of rotatable bonds is 5. The van der Waals surface area contributed by atoms with E-state index in [1.165, 1.54) is 18.4 Å². The summed E-state index contributed by atoms with van der Waals surface area (Å²) in [6.45, 7) is 0.931. The zero-order valence-corrected chi connectivity index (χ0v) is 11.9. The second kappa shape index (κ2) is 6.29. The normalized spacial score (nSPS) is 20.4. The fourth-order valence-corrected chi connectivity index (χ4v) is 2.90. The topological polar surface area (TPSA) is 47.0 Å². The van der Waals surface area contributed by atoms with Gasteiger partial charge in [0.05, 0.1) is 17.1 Å². The smallest absolute Gasteiger partial charge is 0.0890 e. The minimum atomic E-state index is 0.352. The Kier molecular flexibility index (Phi) is 4.23. The van der Waals surface area contributed by atoms with Gasteiger partial charge in [0.25, 0.3) is 0 Å². The summed E-state index contributed by atoms with van der Waals surface area (Å²) >= 11 is 0. The Hall–Kier alpha value is -1.52. The molecule has 1 aliphatic rings. The van der Waals surface area contributed by atoms with Crippen LogP contribution in [0.3, 0.4) is 0 Å². The highest BCUT2D eigenvalue weighted by Crippen LogP contribution is 2.25. The maximum Gasteiger partial charge on any atom is 0.0890 e. The van der Waals surface area contributed by atoms with Crippen LogP contribution in [-0.2, 0) is 4.74 Å². The van der Waals surface area contributed by atoms with Crippen molar-refractivity contribution < 1.29 is 4.74 Å². The zero-order chi connectivity index (χ0) is 13.8. The van der Waals surface area contributed by atoms with Crippen LogP contribution in [0.1, 0.15) is 37.3 Å². The largest absolute Gasteiger partial charge is 0.378 e. The highest BCUT2D eigenvalue weighted by atomic mass is 16.5. The SMILES string of the molecule is CNC(CCC1CCCO1)c1ccc2nccnc2c1. The van der Waals surface area contributed by atoms with E-state index in [1.54, 1.807) is 12.4 Å². The van der Waals surface area contributed by atoms with E-state index in [0.717, 1.165) is 30.5 Å². The van der Waals surface area contributed by atoms with Crippen molar-refractivity contribution in [2.45, 2.75) is 37.8 Å². The molecular formula is C16H21N3O. The standard InChI is InChI=1S/C16H21N3O/c1-17-14(7-5-13-3-2-10-20-13)12-4-6-15-16(11-12)19-9-8-18-15/h4,6,8-9,11,13-14,17H,2-3,5,7,10H2,1H3. The molecule has 0 aliphatic carbocycles. The van der Waals surface area contributed by atoms with E-state index in [4.69, 9.17) is 4.74 Å². The number of aromatic nitrogens is 2. The van der Waals surface area contributed by atoms with Gasteiger partial charge in [-0.25, -0.2) is 0 Å². The summed E-state index contributed by atoms with van der Waals surface area (Å²) in [5.41, 5.74) is 3.19. The summed E-state index contributed by atoms with van der Waals surface area (Å²) in [5.74, 6) is 0. The number of benzene rings is 1. The lowest BCUT2D eigenvalue weighted by Crippen LogP contribution is -2.18. The number of ether oxygens (including phenoxy) is 1. The molecule has 1 aromatic heterocycles. The average Bonchev–Trinajstić information content (AvgIpc) is 3.01. The van der Waals surface area contributed by atoms with Crippen LogP contribution < -0.4 is 5.32 Å². The van der Waals surface area contributed by atoms with Crippen LogP contribution in [0, 0.1) is 0 Å². The third kappa shape index (κ3) is 2.97. The summed E-state index contributed by atoms with van der Waals surface area (Å²) in [6, 6.07) is 6.69. The van der Waals surface area contributed by atoms with Gasteiger partial charge in [0.1, 0.15) is 0 Å². The molecule has 0 saturated carbocycles. The second-order valence-corrected chi connectivity index (χ2v) is 5.36. The van der Waals surface area contributed by atoms with E-state index in [9.17, 15) is 0 Å². The molecule has 2 unspecified atom stereocenters. The fraction of sp³-hybridized carbons (Fsp3) is 0.500. The van der Waals surface area contributed by atoms with Crippen LogP contribution in [0.15, 0.2) is 30.6 Å². The minimum Gasteiger partial charge on any atom is -0.378 e. The van der Waals surface area contributed by atoms with Gasteiger partial charge in [-0.3, -0.25) is 9.97 Å². The van der Waals surface area contributed by atoms with Crippen molar-refractivity contribution in [2.75, 3.05) is 13.7 Å². The van der Waals surface area contributed by atoms with Crippen LogP contribution in [-0.4, -0.2) is 29.7 Å². The van der Waals surface area contributed by atoms with Gasteiger partial charge < -0.3 is 10.1 Å². The summed E-state index contributed by atoms with van der Waals surface area (Å²) in [5, 5.41) is 3.40. The lowest BCUT2D eigenvalue weighted by molar-refractivity contribution is 0.0998. The monoisotopic (exact) mass is 271 g/mol. The molecule has 4 nitrogen and oxygen atoms in total. The van der Waals surface area contributed by atoms with Gasteiger partial charge >= 0.3 is 0 Å². The number of nitrogens with zero attached hydrogens (tertiary/aromatic N) is 2. The molecule has 1 N–H and O–H groups in total. The Bertz CT molecular complexity index is 566. The summed E-state index contributed by atoms with van der Waals surface area (Å²) in [4.78, 5) is 8.69. The van der Waals surface area contributed by atoms with Gasteiger partial charge in [0, 0.05) is 25.0 Å². The van der Waals surface area contributed by atoms with E-state index in [0.29, 0.717) is 12.1 Å². The van der Waals surface area contributed by atoms with Crippen LogP contribution in [0.2, 0.25) is 0 Å². The lowest BCUT2D eigenvalue weighted by atomic mass is 9.99. The minimum absolute atomic E-state index is 0.352. The molecule has 3 rings (SSSR count). The van der Waals surface area contributed by atoms with Crippen molar-refractivity contribution in [3.63, 3.8) is 0 Å². The van der Waals surface area contributed by atoms with Crippen molar-refractivity contribution in [3.05, 3.63) is 36.2 Å². The van der Waals surface area contributed by atoms with E-state index >= 15 is 0 Å². The van der Waals surface area contributed by atoms with Crippen molar-refractivity contribution >= 4 is 11.0 Å². The molecule has 1 aromatic carbocycles. The van der Waals surface area contributed by atoms with Gasteiger partial charge in [-0.05, 0) is 50.4 Å². The molecule has 1 aliphatic heterocycles. The lowest BCUT2D eigenvalue weighted by Gasteiger charge is -2.19. The Balaban J connectivity index is 1.72. The van der Waals surface area contributed by atoms with Gasteiger partial charge in [-0.2, -0.15) is 0 Å². The number of hydrogen-bond acceptors (Lipinski definition) is 4. The fourth-order valence-electron chi connectivity index (χ4n) is 2.90. The van der Waals surface area contributed by atoms with Crippen LogP contribution in [0.25, 0.3) is 11.0 Å². The molecule has 4 heteroatoms. The van der Waals surface area contributed by atoms with Gasteiger partial charge in [0.15, 0.2) is 0 Å². The summed E-state index contributed by atoms with van der Waals surface area (Å²) in [7, 11) is 2.01. The van der Waals surface area contributed by atoms with E-state index in [2.05, 4.69) is 27.4 Å². The molecular weight excluding hydrogens is 250 g/mol. The number of hydrogen-bond donors (Lipinski definition) is 1. The number of fused-ring (bicyclic) bond motifs is 1. The molecule has 2 aromatic rings. The molecule has 1 fully saturated rings. The zero-order valence-electron chi connectivity index (χ0n) is 11.9. The Morgan fingerprint density at radius 1 is 1.30 bits per heavy atom. The summed E-state index contributed by atoms with van der Waals surface area (Å²) < 4.78 is 5.70. The first-order chi connectivity index (χ1) is 9.86. The average molecular weight is 271 g/mol. The van der Waals surface area contributed by atoms with E-state index < -0.39 is 0 Å². The molecule has 1 saturated heterocycles. The Morgan fingerprint density at radius 2 is 2.15 bits per heavy atom. The van der Waals surface area contributed by atoms with Crippen molar-refractivity contribution in [2.24, 2.45) is 0 Å². The highest BCUT2D eigenvalue weighted by molar-refractivity contribution is 5.74. The maximum absolute atomic E-state index is 5.70. The third-order valence-electron chi connectivity index (χ3n) is 4.05. The van der Waals surface area contributed by atoms with Gasteiger partial charge in [-0.1, -0.05) is 6.07 Å². The second-order valence-electron chi connectivity index (χ2n) is 5.36. The summed E-state index contributed by atoms with van der Waals surface area (Å²) in [6.07, 6.45) is 8.55. The molecule has 2 heterocycles. The van der Waals surface area contributed by atoms with E-state index in [-0.39, 0.29) is 0 Å². The first kappa shape index (κ1) is 13.5. The van der Waals surface area contributed by atoms with Crippen molar-refractivity contribution in [1.82, 2.24) is 15.3 Å². The third-order valence-corrected chi connectivity index (χ3v) is 4.05. The van der Waals surface area contributed by atoms with Gasteiger partial charge in [-0.15, -0.1) is 0 Å². The molecule has 0 radical (unpaired) electrons. The molecule has 0 amide bonds. The van der Waals surface area contributed by atoms with Gasteiger partial charge in [0.2, 0.25) is 0 Å². The van der Waals surface area contributed by atoms with E-state index in [1.807, 2.05) is 13.1 Å². The molecule has 2 atom stereocenters. The predicted octanol–water partition coefficient (Wildman–Crippen LogP) is 2.85. The molecule has 0 bridgehead atoms. The highest BCUT2D eigenvalue weighted by Gasteiger charge is 2.18.